The van der Waals surface area contributed by atoms with Gasteiger partial charge >= 0.3 is 0 Å². The first-order valence-corrected chi connectivity index (χ1v) is 15.5. The van der Waals surface area contributed by atoms with Crippen LogP contribution in [0, 0.1) is 11.8 Å². The number of nitrogens with zero attached hydrogens (tertiary/aromatic N) is 2. The van der Waals surface area contributed by atoms with Crippen LogP contribution in [0.1, 0.15) is 49.9 Å². The molecule has 0 aliphatic carbocycles. The maximum Gasteiger partial charge on any atom is 0.246 e. The molecule has 3 aromatic carbocycles. The zero-order valence-corrected chi connectivity index (χ0v) is 25.9. The van der Waals surface area contributed by atoms with Gasteiger partial charge in [0.2, 0.25) is 23.6 Å². The van der Waals surface area contributed by atoms with Crippen LogP contribution in [0.4, 0.5) is 0 Å². The molecule has 2 heterocycles. The van der Waals surface area contributed by atoms with Crippen LogP contribution in [0.25, 0.3) is 0 Å². The summed E-state index contributed by atoms with van der Waals surface area (Å²) in [6.07, 6.45) is 0.724. The van der Waals surface area contributed by atoms with E-state index in [1.54, 1.807) is 9.80 Å². The summed E-state index contributed by atoms with van der Waals surface area (Å²) in [4.78, 5) is 57.0. The number of rotatable bonds is 10. The van der Waals surface area contributed by atoms with Crippen LogP contribution in [-0.2, 0) is 45.1 Å². The number of amides is 4. The summed E-state index contributed by atoms with van der Waals surface area (Å²) in [7, 11) is 0. The minimum absolute atomic E-state index is 0.0229. The van der Waals surface area contributed by atoms with Crippen molar-refractivity contribution in [2.24, 2.45) is 11.8 Å². The minimum Gasteiger partial charge on any atom is -0.342 e. The van der Waals surface area contributed by atoms with Gasteiger partial charge in [0, 0.05) is 25.9 Å². The van der Waals surface area contributed by atoms with Gasteiger partial charge in [-0.25, -0.2) is 0 Å². The number of carbonyl (C=O) groups excluding carboxylic acids is 4. The van der Waals surface area contributed by atoms with Gasteiger partial charge in [0.25, 0.3) is 0 Å². The van der Waals surface area contributed by atoms with Crippen molar-refractivity contribution in [2.75, 3.05) is 0 Å². The summed E-state index contributed by atoms with van der Waals surface area (Å²) in [5.41, 5.74) is 3.77. The molecule has 8 nitrogen and oxygen atoms in total. The molecule has 0 aromatic heterocycles. The molecule has 44 heavy (non-hydrogen) atoms. The van der Waals surface area contributed by atoms with E-state index in [1.165, 1.54) is 0 Å². The molecule has 2 N–H and O–H groups in total. The normalized spacial score (nSPS) is 22.4. The van der Waals surface area contributed by atoms with Crippen LogP contribution in [0.2, 0.25) is 0 Å². The van der Waals surface area contributed by atoms with Crippen molar-refractivity contribution in [3.63, 3.8) is 0 Å². The first-order chi connectivity index (χ1) is 21.1. The summed E-state index contributed by atoms with van der Waals surface area (Å²) in [5, 5.41) is 5.93. The molecule has 3 aromatic rings. The van der Waals surface area contributed by atoms with E-state index in [1.807, 2.05) is 113 Å². The zero-order chi connectivity index (χ0) is 31.4. The lowest BCUT2D eigenvalue weighted by atomic mass is 9.92. The van der Waals surface area contributed by atoms with E-state index >= 15 is 0 Å². The highest BCUT2D eigenvalue weighted by atomic mass is 16.2. The summed E-state index contributed by atoms with van der Waals surface area (Å²) in [5.74, 6) is -0.502. The zero-order valence-electron chi connectivity index (χ0n) is 25.9. The highest BCUT2D eigenvalue weighted by Gasteiger charge is 2.43. The Kier molecular flexibility index (Phi) is 9.47. The molecule has 2 aliphatic heterocycles. The topological polar surface area (TPSA) is 98.8 Å². The Labute approximate surface area is 259 Å². The van der Waals surface area contributed by atoms with E-state index < -0.39 is 24.2 Å². The molecule has 5 rings (SSSR count). The molecule has 2 saturated heterocycles. The lowest BCUT2D eigenvalue weighted by Gasteiger charge is -2.41. The average Bonchev–Trinajstić information content (AvgIpc) is 2.99. The van der Waals surface area contributed by atoms with Crippen molar-refractivity contribution in [1.29, 1.82) is 0 Å². The first kappa shape index (κ1) is 31.0. The fourth-order valence-corrected chi connectivity index (χ4v) is 6.39. The number of nitrogens with one attached hydrogen (secondary N) is 2. The Hall–Kier alpha value is -4.46. The third kappa shape index (κ3) is 6.85. The molecular formula is C36H42N4O4. The molecule has 0 unspecified atom stereocenters. The molecule has 230 valence electrons. The van der Waals surface area contributed by atoms with Gasteiger partial charge in [-0.15, -0.1) is 0 Å². The van der Waals surface area contributed by atoms with Crippen LogP contribution in [-0.4, -0.2) is 57.6 Å². The Bertz CT molecular complexity index is 1360. The van der Waals surface area contributed by atoms with Crippen molar-refractivity contribution in [2.45, 2.75) is 77.8 Å². The Balaban J connectivity index is 1.27. The lowest BCUT2D eigenvalue weighted by Crippen LogP contribution is -2.65. The third-order valence-corrected chi connectivity index (χ3v) is 8.56. The predicted molar refractivity (Wildman–Crippen MR) is 169 cm³/mol. The SMILES string of the molecule is CC(C)[C@H]1C(=O)N[C@H](Cc2ccc(C[C@H]3NC(=O)[C@H](C(C)C)N(Cc4ccccc4)C3=O)cc2)C(=O)N1Cc1ccccc1. The maximum absolute atomic E-state index is 13.7. The molecule has 2 aliphatic rings. The predicted octanol–water partition coefficient (Wildman–Crippen LogP) is 3.88. The highest BCUT2D eigenvalue weighted by Crippen LogP contribution is 2.24. The van der Waals surface area contributed by atoms with E-state index in [0.29, 0.717) is 25.9 Å². The standard InChI is InChI=1S/C36H42N4O4/c1-23(2)31-33(41)37-29(35(43)39(31)21-27-11-7-5-8-12-27)19-25-15-17-26(18-16-25)20-30-36(44)40(22-28-13-9-6-10-14-28)32(24(3)4)34(42)38-30/h5-18,23-24,29-32H,19-22H2,1-4H3,(H,37,41)(H,38,42)/t29-,30-,31+,32+/m1/s1. The third-order valence-electron chi connectivity index (χ3n) is 8.56. The second-order valence-corrected chi connectivity index (χ2v) is 12.6. The van der Waals surface area contributed by atoms with Crippen LogP contribution < -0.4 is 10.6 Å². The number of benzene rings is 3. The molecule has 0 radical (unpaired) electrons. The smallest absolute Gasteiger partial charge is 0.246 e. The van der Waals surface area contributed by atoms with Gasteiger partial charge in [0.1, 0.15) is 24.2 Å². The fraction of sp³-hybridized carbons (Fsp3) is 0.389. The summed E-state index contributed by atoms with van der Waals surface area (Å²) in [6, 6.07) is 24.8. The van der Waals surface area contributed by atoms with Crippen molar-refractivity contribution >= 4 is 23.6 Å². The van der Waals surface area contributed by atoms with Crippen LogP contribution >= 0.6 is 0 Å². The van der Waals surface area contributed by atoms with E-state index in [2.05, 4.69) is 10.6 Å². The van der Waals surface area contributed by atoms with Crippen molar-refractivity contribution in [3.05, 3.63) is 107 Å². The van der Waals surface area contributed by atoms with Gasteiger partial charge in [-0.05, 0) is 34.1 Å². The average molecular weight is 595 g/mol. The quantitative estimate of drug-likeness (QED) is 0.372. The number of carbonyl (C=O) groups is 4. The van der Waals surface area contributed by atoms with E-state index in [-0.39, 0.29) is 35.5 Å². The molecule has 8 heteroatoms. The van der Waals surface area contributed by atoms with Gasteiger partial charge in [-0.1, -0.05) is 113 Å². The van der Waals surface area contributed by atoms with E-state index in [9.17, 15) is 19.2 Å². The maximum atomic E-state index is 13.7. The summed E-state index contributed by atoms with van der Waals surface area (Å²) >= 11 is 0. The van der Waals surface area contributed by atoms with Gasteiger partial charge in [-0.3, -0.25) is 19.2 Å². The fourth-order valence-electron chi connectivity index (χ4n) is 6.39. The molecular weight excluding hydrogens is 552 g/mol. The van der Waals surface area contributed by atoms with Gasteiger partial charge in [0.05, 0.1) is 0 Å². The lowest BCUT2D eigenvalue weighted by molar-refractivity contribution is -0.151. The number of piperazine rings is 2. The van der Waals surface area contributed by atoms with Crippen molar-refractivity contribution in [3.8, 4) is 0 Å². The van der Waals surface area contributed by atoms with Crippen LogP contribution in [0.5, 0.6) is 0 Å². The first-order valence-electron chi connectivity index (χ1n) is 15.5. The van der Waals surface area contributed by atoms with Crippen LogP contribution in [0.15, 0.2) is 84.9 Å². The molecule has 4 amide bonds. The molecule has 2 fully saturated rings. The largest absolute Gasteiger partial charge is 0.342 e. The second-order valence-electron chi connectivity index (χ2n) is 12.6. The minimum atomic E-state index is -0.661. The highest BCUT2D eigenvalue weighted by molar-refractivity contribution is 5.98. The van der Waals surface area contributed by atoms with Gasteiger partial charge in [-0.2, -0.15) is 0 Å². The molecule has 0 saturated carbocycles. The van der Waals surface area contributed by atoms with E-state index in [4.69, 9.17) is 0 Å². The second kappa shape index (κ2) is 13.5. The molecule has 0 bridgehead atoms. The van der Waals surface area contributed by atoms with Gasteiger partial charge in [0.15, 0.2) is 0 Å². The van der Waals surface area contributed by atoms with Crippen LogP contribution in [0.3, 0.4) is 0 Å². The van der Waals surface area contributed by atoms with Crippen molar-refractivity contribution < 1.29 is 19.2 Å². The number of hydrogen-bond acceptors (Lipinski definition) is 4. The molecule has 0 spiro atoms. The Morgan fingerprint density at radius 1 is 0.523 bits per heavy atom. The molecule has 4 atom stereocenters. The van der Waals surface area contributed by atoms with Crippen molar-refractivity contribution in [1.82, 2.24) is 20.4 Å². The monoisotopic (exact) mass is 594 g/mol. The summed E-state index contributed by atoms with van der Waals surface area (Å²) < 4.78 is 0. The summed E-state index contributed by atoms with van der Waals surface area (Å²) in [6.45, 7) is 8.59. The number of hydrogen-bond donors (Lipinski definition) is 2. The Morgan fingerprint density at radius 3 is 1.18 bits per heavy atom. The van der Waals surface area contributed by atoms with E-state index in [0.717, 1.165) is 22.3 Å². The Morgan fingerprint density at radius 2 is 0.864 bits per heavy atom. The van der Waals surface area contributed by atoms with Gasteiger partial charge < -0.3 is 20.4 Å².